The molecule has 0 saturated heterocycles. The highest BCUT2D eigenvalue weighted by Gasteiger charge is 2.39. The summed E-state index contributed by atoms with van der Waals surface area (Å²) in [5.74, 6) is -2.55. The lowest BCUT2D eigenvalue weighted by Gasteiger charge is -2.16. The van der Waals surface area contributed by atoms with E-state index in [9.17, 15) is 34.8 Å². The SMILES string of the molecule is O=S(=O)(Cl)c1cc(C(F)(F)F)nc(OC(F)(F)F)c1CCl. The van der Waals surface area contributed by atoms with E-state index in [-0.39, 0.29) is 6.07 Å². The third-order valence-corrected chi connectivity index (χ3v) is 3.60. The average molecular weight is 378 g/mol. The van der Waals surface area contributed by atoms with E-state index in [0.717, 1.165) is 0 Å². The summed E-state index contributed by atoms with van der Waals surface area (Å²) >= 11 is 5.25. The van der Waals surface area contributed by atoms with Crippen molar-refractivity contribution in [2.75, 3.05) is 0 Å². The Labute approximate surface area is 123 Å². The van der Waals surface area contributed by atoms with Crippen molar-refractivity contribution in [2.45, 2.75) is 23.3 Å². The highest BCUT2D eigenvalue weighted by Crippen LogP contribution is 2.37. The summed E-state index contributed by atoms with van der Waals surface area (Å²) in [6.07, 6.45) is -10.6. The monoisotopic (exact) mass is 377 g/mol. The summed E-state index contributed by atoms with van der Waals surface area (Å²) in [7, 11) is 0.0834. The van der Waals surface area contributed by atoms with Crippen LogP contribution in [0.25, 0.3) is 0 Å². The summed E-state index contributed by atoms with van der Waals surface area (Å²) in [5.41, 5.74) is -2.85. The van der Waals surface area contributed by atoms with Gasteiger partial charge in [-0.05, 0) is 6.07 Å². The quantitative estimate of drug-likeness (QED) is 0.458. The summed E-state index contributed by atoms with van der Waals surface area (Å²) < 4.78 is 99.7. The first kappa shape index (κ1) is 18.1. The lowest BCUT2D eigenvalue weighted by atomic mass is 10.2. The minimum absolute atomic E-state index is 0.0245. The van der Waals surface area contributed by atoms with Crippen LogP contribution in [0.3, 0.4) is 0 Å². The molecule has 0 spiro atoms. The van der Waals surface area contributed by atoms with E-state index in [4.69, 9.17) is 22.3 Å². The summed E-state index contributed by atoms with van der Waals surface area (Å²) in [5, 5.41) is 0. The second-order valence-corrected chi connectivity index (χ2v) is 6.21. The molecule has 0 atom stereocenters. The molecule has 0 unspecified atom stereocenters. The number of alkyl halides is 7. The first-order valence-electron chi connectivity index (χ1n) is 4.63. The van der Waals surface area contributed by atoms with Crippen LogP contribution in [0.2, 0.25) is 0 Å². The molecule has 1 aromatic heterocycles. The number of aromatic nitrogens is 1. The van der Waals surface area contributed by atoms with Crippen LogP contribution in [0.15, 0.2) is 11.0 Å². The molecule has 0 aliphatic heterocycles. The zero-order chi connectivity index (χ0) is 16.6. The number of hydrogen-bond acceptors (Lipinski definition) is 4. The van der Waals surface area contributed by atoms with Gasteiger partial charge in [0.25, 0.3) is 9.05 Å². The Hall–Kier alpha value is -0.940. The van der Waals surface area contributed by atoms with Gasteiger partial charge < -0.3 is 4.74 Å². The number of halogens is 8. The fourth-order valence-electron chi connectivity index (χ4n) is 1.21. The minimum Gasteiger partial charge on any atom is -0.387 e. The summed E-state index contributed by atoms with van der Waals surface area (Å²) in [6, 6.07) is -0.0245. The maximum Gasteiger partial charge on any atom is 0.574 e. The molecule has 1 heterocycles. The second kappa shape index (κ2) is 5.69. The van der Waals surface area contributed by atoms with Gasteiger partial charge in [0.2, 0.25) is 5.88 Å². The first-order chi connectivity index (χ1) is 9.25. The Bertz CT molecular complexity index is 643. The van der Waals surface area contributed by atoms with Crippen molar-refractivity contribution >= 4 is 31.3 Å². The highest BCUT2D eigenvalue weighted by molar-refractivity contribution is 8.13. The van der Waals surface area contributed by atoms with Crippen molar-refractivity contribution in [3.05, 3.63) is 17.3 Å². The molecule has 0 fully saturated rings. The molecular weight excluding hydrogens is 375 g/mol. The van der Waals surface area contributed by atoms with Gasteiger partial charge in [-0.3, -0.25) is 0 Å². The summed E-state index contributed by atoms with van der Waals surface area (Å²) in [4.78, 5) is 1.34. The molecule has 0 amide bonds. The molecule has 0 radical (unpaired) electrons. The molecule has 120 valence electrons. The van der Waals surface area contributed by atoms with Crippen LogP contribution in [0.4, 0.5) is 26.3 Å². The van der Waals surface area contributed by atoms with Crippen molar-refractivity contribution in [3.8, 4) is 5.88 Å². The lowest BCUT2D eigenvalue weighted by molar-refractivity contribution is -0.276. The molecule has 0 aromatic carbocycles. The molecule has 0 aliphatic carbocycles. The molecule has 0 bridgehead atoms. The van der Waals surface area contributed by atoms with Crippen LogP contribution in [0, 0.1) is 0 Å². The van der Waals surface area contributed by atoms with E-state index in [1.165, 1.54) is 0 Å². The second-order valence-electron chi connectivity index (χ2n) is 3.41. The van der Waals surface area contributed by atoms with E-state index < -0.39 is 49.5 Å². The zero-order valence-corrected chi connectivity index (χ0v) is 11.7. The Morgan fingerprint density at radius 1 is 1.19 bits per heavy atom. The van der Waals surface area contributed by atoms with E-state index in [2.05, 4.69) is 9.72 Å². The van der Waals surface area contributed by atoms with Crippen molar-refractivity contribution in [2.24, 2.45) is 0 Å². The van der Waals surface area contributed by atoms with Crippen LogP contribution in [0.1, 0.15) is 11.3 Å². The van der Waals surface area contributed by atoms with Crippen LogP contribution in [-0.2, 0) is 21.1 Å². The van der Waals surface area contributed by atoms with Gasteiger partial charge in [-0.15, -0.1) is 24.8 Å². The number of ether oxygens (including phenoxy) is 1. The molecule has 0 aliphatic rings. The Morgan fingerprint density at radius 2 is 1.71 bits per heavy atom. The Morgan fingerprint density at radius 3 is 2.05 bits per heavy atom. The first-order valence-corrected chi connectivity index (χ1v) is 7.47. The maximum absolute atomic E-state index is 12.5. The third-order valence-electron chi connectivity index (χ3n) is 1.94. The molecule has 0 saturated carbocycles. The third kappa shape index (κ3) is 4.78. The van der Waals surface area contributed by atoms with Crippen LogP contribution >= 0.6 is 22.3 Å². The van der Waals surface area contributed by atoms with Crippen LogP contribution in [0.5, 0.6) is 5.88 Å². The van der Waals surface area contributed by atoms with Gasteiger partial charge in [0.1, 0.15) is 5.69 Å². The Balaban J connectivity index is 3.68. The van der Waals surface area contributed by atoms with Gasteiger partial charge in [0.15, 0.2) is 0 Å². The van der Waals surface area contributed by atoms with Crippen LogP contribution < -0.4 is 4.74 Å². The fourth-order valence-corrected chi connectivity index (χ4v) is 2.66. The normalized spacial score (nSPS) is 13.3. The highest BCUT2D eigenvalue weighted by atomic mass is 35.7. The molecule has 21 heavy (non-hydrogen) atoms. The van der Waals surface area contributed by atoms with Gasteiger partial charge in [-0.1, -0.05) is 0 Å². The molecule has 1 aromatic rings. The van der Waals surface area contributed by atoms with Gasteiger partial charge in [0, 0.05) is 16.2 Å². The van der Waals surface area contributed by atoms with Gasteiger partial charge in [-0.2, -0.15) is 13.2 Å². The van der Waals surface area contributed by atoms with Crippen molar-refractivity contribution < 1.29 is 39.5 Å². The molecule has 13 heteroatoms. The molecular formula is C8H3Cl2F6NO3S. The van der Waals surface area contributed by atoms with E-state index in [1.54, 1.807) is 0 Å². The number of hydrogen-bond donors (Lipinski definition) is 0. The maximum atomic E-state index is 12.5. The van der Waals surface area contributed by atoms with Crippen molar-refractivity contribution in [1.29, 1.82) is 0 Å². The van der Waals surface area contributed by atoms with E-state index >= 15 is 0 Å². The van der Waals surface area contributed by atoms with Gasteiger partial charge in [0.05, 0.1) is 10.8 Å². The summed E-state index contributed by atoms with van der Waals surface area (Å²) in [6.45, 7) is 0. The number of nitrogens with zero attached hydrogens (tertiary/aromatic N) is 1. The topological polar surface area (TPSA) is 56.3 Å². The molecule has 0 N–H and O–H groups in total. The van der Waals surface area contributed by atoms with E-state index in [1.807, 2.05) is 0 Å². The van der Waals surface area contributed by atoms with Crippen molar-refractivity contribution in [3.63, 3.8) is 0 Å². The molecule has 4 nitrogen and oxygen atoms in total. The standard InChI is InChI=1S/C8H3Cl2F6NO3S/c9-2-3-4(21(10,18)19)1-5(7(11,12)13)17-6(3)20-8(14,15)16/h1H,2H2. The van der Waals surface area contributed by atoms with Gasteiger partial charge in [-0.25, -0.2) is 13.4 Å². The number of rotatable bonds is 3. The zero-order valence-electron chi connectivity index (χ0n) is 9.39. The van der Waals surface area contributed by atoms with Crippen LogP contribution in [-0.4, -0.2) is 19.8 Å². The predicted octanol–water partition coefficient (Wildman–Crippen LogP) is 3.67. The minimum atomic E-state index is -5.40. The average Bonchev–Trinajstić information content (AvgIpc) is 2.23. The van der Waals surface area contributed by atoms with Crippen molar-refractivity contribution in [1.82, 2.24) is 4.98 Å². The van der Waals surface area contributed by atoms with E-state index in [0.29, 0.717) is 0 Å². The largest absolute Gasteiger partial charge is 0.574 e. The number of pyridine rings is 1. The smallest absolute Gasteiger partial charge is 0.387 e. The van der Waals surface area contributed by atoms with Gasteiger partial charge >= 0.3 is 12.5 Å². The predicted molar refractivity (Wildman–Crippen MR) is 58.5 cm³/mol. The molecule has 1 rings (SSSR count). The lowest BCUT2D eigenvalue weighted by Crippen LogP contribution is -2.21. The Kier molecular flexibility index (Phi) is 4.91. The fraction of sp³-hybridized carbons (Fsp3) is 0.375.